The van der Waals surface area contributed by atoms with Gasteiger partial charge in [0, 0.05) is 34.2 Å². The van der Waals surface area contributed by atoms with E-state index in [1.54, 1.807) is 0 Å². The number of benzene rings is 1. The number of amides is 1. The molecule has 2 aliphatic rings. The average molecular weight is 491 g/mol. The van der Waals surface area contributed by atoms with Crippen LogP contribution in [0.1, 0.15) is 33.2 Å². The van der Waals surface area contributed by atoms with Gasteiger partial charge in [0.25, 0.3) is 5.91 Å². The number of morpholine rings is 1. The van der Waals surface area contributed by atoms with E-state index in [1.807, 2.05) is 0 Å². The molecule has 4 heterocycles. The van der Waals surface area contributed by atoms with E-state index in [-0.39, 0.29) is 31.0 Å². The fourth-order valence-electron chi connectivity index (χ4n) is 4.05. The Labute approximate surface area is 184 Å². The highest BCUT2D eigenvalue weighted by Gasteiger charge is 2.34. The van der Waals surface area contributed by atoms with E-state index in [0.29, 0.717) is 34.4 Å². The molecule has 3 aromatic rings. The predicted molar refractivity (Wildman–Crippen MR) is 111 cm³/mol. The van der Waals surface area contributed by atoms with Crippen LogP contribution in [-0.2, 0) is 22.7 Å². The van der Waals surface area contributed by atoms with Crippen LogP contribution < -0.4 is 5.73 Å². The fourth-order valence-corrected chi connectivity index (χ4v) is 4.36. The zero-order valence-corrected chi connectivity index (χ0v) is 17.8. The van der Waals surface area contributed by atoms with Crippen LogP contribution in [-0.4, -0.2) is 40.5 Å². The molecule has 2 aromatic heterocycles. The quantitative estimate of drug-likeness (QED) is 0.591. The molecule has 2 aliphatic heterocycles. The Morgan fingerprint density at radius 2 is 1.97 bits per heavy atom. The SMILES string of the molecule is Nc1nc2cc(F)c(C(=O)N3CCOC[C@@H]3c3ncc(Br)cc3F)cc2c2c1COC2. The summed E-state index contributed by atoms with van der Waals surface area (Å²) in [5.74, 6) is -1.57. The molecule has 0 saturated carbocycles. The number of anilines is 1. The molecule has 1 amide bonds. The summed E-state index contributed by atoms with van der Waals surface area (Å²) in [6.45, 7) is 1.14. The van der Waals surface area contributed by atoms with Crippen molar-refractivity contribution in [3.8, 4) is 0 Å². The molecule has 160 valence electrons. The van der Waals surface area contributed by atoms with Crippen molar-refractivity contribution >= 4 is 38.6 Å². The van der Waals surface area contributed by atoms with Crippen LogP contribution in [0.2, 0.25) is 0 Å². The van der Waals surface area contributed by atoms with Crippen LogP contribution >= 0.6 is 15.9 Å². The summed E-state index contributed by atoms with van der Waals surface area (Å²) >= 11 is 3.17. The first-order valence-corrected chi connectivity index (χ1v) is 10.4. The number of carbonyl (C=O) groups excluding carboxylic acids is 1. The van der Waals surface area contributed by atoms with Gasteiger partial charge in [-0.3, -0.25) is 9.78 Å². The Morgan fingerprint density at radius 1 is 1.16 bits per heavy atom. The lowest BCUT2D eigenvalue weighted by Gasteiger charge is -2.35. The van der Waals surface area contributed by atoms with Crippen molar-refractivity contribution in [2.45, 2.75) is 19.3 Å². The second-order valence-electron chi connectivity index (χ2n) is 7.41. The maximum Gasteiger partial charge on any atom is 0.257 e. The van der Waals surface area contributed by atoms with E-state index in [2.05, 4.69) is 25.9 Å². The largest absolute Gasteiger partial charge is 0.383 e. The smallest absolute Gasteiger partial charge is 0.257 e. The number of ether oxygens (including phenoxy) is 2. The molecule has 0 bridgehead atoms. The van der Waals surface area contributed by atoms with Crippen molar-refractivity contribution in [2.24, 2.45) is 0 Å². The Balaban J connectivity index is 1.58. The van der Waals surface area contributed by atoms with Crippen LogP contribution in [0.3, 0.4) is 0 Å². The molecular weight excluding hydrogens is 474 g/mol. The molecule has 1 atom stereocenters. The number of fused-ring (bicyclic) bond motifs is 3. The van der Waals surface area contributed by atoms with Crippen LogP contribution in [0.25, 0.3) is 10.9 Å². The van der Waals surface area contributed by atoms with Gasteiger partial charge in [-0.25, -0.2) is 13.8 Å². The van der Waals surface area contributed by atoms with E-state index in [9.17, 15) is 13.6 Å². The lowest BCUT2D eigenvalue weighted by atomic mass is 10.0. The van der Waals surface area contributed by atoms with Gasteiger partial charge < -0.3 is 20.1 Å². The Morgan fingerprint density at radius 3 is 2.77 bits per heavy atom. The number of nitrogens with zero attached hydrogens (tertiary/aromatic N) is 3. The van der Waals surface area contributed by atoms with Crippen molar-refractivity contribution < 1.29 is 23.0 Å². The summed E-state index contributed by atoms with van der Waals surface area (Å²) in [5, 5.41) is 0.615. The minimum Gasteiger partial charge on any atom is -0.383 e. The number of hydrogen-bond donors (Lipinski definition) is 1. The molecule has 10 heteroatoms. The summed E-state index contributed by atoms with van der Waals surface area (Å²) < 4.78 is 41.0. The number of nitrogen functional groups attached to an aromatic ring is 1. The molecule has 5 rings (SSSR count). The van der Waals surface area contributed by atoms with Gasteiger partial charge in [0.2, 0.25) is 0 Å². The minimum absolute atomic E-state index is 0.0633. The zero-order chi connectivity index (χ0) is 21.7. The number of pyridine rings is 2. The van der Waals surface area contributed by atoms with Gasteiger partial charge in [-0.15, -0.1) is 0 Å². The Hall–Kier alpha value is -2.69. The molecular formula is C21H17BrF2N4O3. The predicted octanol–water partition coefficient (Wildman–Crippen LogP) is 3.50. The monoisotopic (exact) mass is 490 g/mol. The van der Waals surface area contributed by atoms with Crippen molar-refractivity contribution in [3.63, 3.8) is 0 Å². The first kappa shape index (κ1) is 20.2. The number of hydrogen-bond acceptors (Lipinski definition) is 6. The van der Waals surface area contributed by atoms with Crippen LogP contribution in [0.15, 0.2) is 28.9 Å². The second kappa shape index (κ2) is 7.77. The van der Waals surface area contributed by atoms with E-state index in [1.165, 1.54) is 29.3 Å². The summed E-state index contributed by atoms with van der Waals surface area (Å²) in [5.41, 5.74) is 7.82. The molecule has 0 unspecified atom stereocenters. The molecule has 31 heavy (non-hydrogen) atoms. The van der Waals surface area contributed by atoms with E-state index < -0.39 is 23.6 Å². The standard InChI is InChI=1S/C21H17BrF2N4O3/c22-10-3-16(24)19(26-6-10)18-9-30-2-1-28(18)21(29)12-4-11-13-7-31-8-14(13)20(25)27-17(11)5-15(12)23/h3-6,18H,1-2,7-9H2,(H2,25,27)/t18-/m1/s1. The molecule has 0 radical (unpaired) electrons. The number of rotatable bonds is 2. The van der Waals surface area contributed by atoms with Gasteiger partial charge in [-0.1, -0.05) is 0 Å². The van der Waals surface area contributed by atoms with Gasteiger partial charge in [0.15, 0.2) is 0 Å². The van der Waals surface area contributed by atoms with Gasteiger partial charge >= 0.3 is 0 Å². The Kier molecular flexibility index (Phi) is 5.07. The van der Waals surface area contributed by atoms with E-state index in [4.69, 9.17) is 15.2 Å². The van der Waals surface area contributed by atoms with E-state index in [0.717, 1.165) is 11.1 Å². The maximum atomic E-state index is 15.0. The first-order chi connectivity index (χ1) is 14.9. The van der Waals surface area contributed by atoms with Crippen molar-refractivity contribution in [3.05, 3.63) is 62.9 Å². The highest BCUT2D eigenvalue weighted by atomic mass is 79.9. The van der Waals surface area contributed by atoms with Crippen molar-refractivity contribution in [2.75, 3.05) is 25.5 Å². The van der Waals surface area contributed by atoms with Gasteiger partial charge in [-0.05, 0) is 33.6 Å². The van der Waals surface area contributed by atoms with Gasteiger partial charge in [0.05, 0.1) is 37.5 Å². The molecule has 2 N–H and O–H groups in total. The lowest BCUT2D eigenvalue weighted by Crippen LogP contribution is -2.44. The molecule has 1 aromatic carbocycles. The summed E-state index contributed by atoms with van der Waals surface area (Å²) in [6, 6.07) is 3.18. The molecule has 1 fully saturated rings. The second-order valence-corrected chi connectivity index (χ2v) is 8.32. The van der Waals surface area contributed by atoms with Gasteiger partial charge in [0.1, 0.15) is 29.2 Å². The fraction of sp³-hybridized carbons (Fsp3) is 0.286. The van der Waals surface area contributed by atoms with Crippen LogP contribution in [0.5, 0.6) is 0 Å². The number of halogens is 3. The molecule has 0 aliphatic carbocycles. The number of nitrogens with two attached hydrogens (primary N) is 1. The number of carbonyl (C=O) groups is 1. The third-order valence-electron chi connectivity index (χ3n) is 5.59. The Bertz CT molecular complexity index is 1220. The van der Waals surface area contributed by atoms with Crippen molar-refractivity contribution in [1.29, 1.82) is 0 Å². The maximum absolute atomic E-state index is 15.0. The molecule has 0 spiro atoms. The summed E-state index contributed by atoms with van der Waals surface area (Å²) in [6.07, 6.45) is 1.45. The summed E-state index contributed by atoms with van der Waals surface area (Å²) in [4.78, 5) is 23.2. The number of aromatic nitrogens is 2. The third kappa shape index (κ3) is 3.44. The van der Waals surface area contributed by atoms with Crippen LogP contribution in [0, 0.1) is 11.6 Å². The highest BCUT2D eigenvalue weighted by Crippen LogP contribution is 2.34. The lowest BCUT2D eigenvalue weighted by molar-refractivity contribution is -0.00516. The van der Waals surface area contributed by atoms with Gasteiger partial charge in [-0.2, -0.15) is 0 Å². The first-order valence-electron chi connectivity index (χ1n) is 9.62. The van der Waals surface area contributed by atoms with Crippen LogP contribution in [0.4, 0.5) is 14.6 Å². The normalized spacial score (nSPS) is 18.4. The van der Waals surface area contributed by atoms with E-state index >= 15 is 0 Å². The zero-order valence-electron chi connectivity index (χ0n) is 16.2. The molecule has 1 saturated heterocycles. The topological polar surface area (TPSA) is 90.6 Å². The summed E-state index contributed by atoms with van der Waals surface area (Å²) in [7, 11) is 0. The highest BCUT2D eigenvalue weighted by molar-refractivity contribution is 9.10. The van der Waals surface area contributed by atoms with Crippen molar-refractivity contribution in [1.82, 2.24) is 14.9 Å². The average Bonchev–Trinajstić information content (AvgIpc) is 3.24. The molecule has 7 nitrogen and oxygen atoms in total. The third-order valence-corrected chi connectivity index (χ3v) is 6.02. The minimum atomic E-state index is -0.775.